The van der Waals surface area contributed by atoms with Gasteiger partial charge in [-0.1, -0.05) is 24.3 Å². The van der Waals surface area contributed by atoms with Crippen molar-refractivity contribution in [3.8, 4) is 0 Å². The lowest BCUT2D eigenvalue weighted by molar-refractivity contribution is -0.140. The lowest BCUT2D eigenvalue weighted by Crippen LogP contribution is -2.31. The molecule has 0 bridgehead atoms. The van der Waals surface area contributed by atoms with Crippen molar-refractivity contribution in [1.29, 1.82) is 0 Å². The van der Waals surface area contributed by atoms with E-state index in [9.17, 15) is 9.59 Å². The van der Waals surface area contributed by atoms with Gasteiger partial charge < -0.3 is 19.4 Å². The fraction of sp³-hybridized carbons (Fsp3) is 0.192. The average Bonchev–Trinajstić information content (AvgIpc) is 3.62. The summed E-state index contributed by atoms with van der Waals surface area (Å²) in [6, 6.07) is 15.7. The van der Waals surface area contributed by atoms with Gasteiger partial charge in [0.15, 0.2) is 0 Å². The number of fused-ring (bicyclic) bond motifs is 2. The maximum Gasteiger partial charge on any atom is 0.291 e. The Balaban J connectivity index is 1.42. The van der Waals surface area contributed by atoms with E-state index in [1.54, 1.807) is 17.4 Å². The van der Waals surface area contributed by atoms with Gasteiger partial charge >= 0.3 is 0 Å². The molecule has 33 heavy (non-hydrogen) atoms. The molecule has 2 aromatic carbocycles. The van der Waals surface area contributed by atoms with Crippen LogP contribution in [0.1, 0.15) is 29.5 Å². The van der Waals surface area contributed by atoms with E-state index in [-0.39, 0.29) is 11.8 Å². The smallest absolute Gasteiger partial charge is 0.291 e. The van der Waals surface area contributed by atoms with Gasteiger partial charge in [0.05, 0.1) is 18.3 Å². The molecule has 5 aromatic rings. The third-order valence-corrected chi connectivity index (χ3v) is 6.66. The van der Waals surface area contributed by atoms with Gasteiger partial charge in [0.1, 0.15) is 0 Å². The molecule has 0 aliphatic carbocycles. The summed E-state index contributed by atoms with van der Waals surface area (Å²) in [5, 5.41) is 2.05. The lowest BCUT2D eigenvalue weighted by atomic mass is 9.86. The van der Waals surface area contributed by atoms with Gasteiger partial charge in [-0.05, 0) is 47.2 Å². The Kier molecular flexibility index (Phi) is 4.61. The molecule has 1 aliphatic heterocycles. The molecule has 3 aromatic heterocycles. The Hall–Kier alpha value is -4.13. The van der Waals surface area contributed by atoms with E-state index in [1.165, 1.54) is 0 Å². The summed E-state index contributed by atoms with van der Waals surface area (Å²) in [5.41, 5.74) is 3.84. The largest absolute Gasteiger partial charge is 0.361 e. The molecule has 0 radical (unpaired) electrons. The molecule has 164 valence electrons. The van der Waals surface area contributed by atoms with E-state index >= 15 is 0 Å². The molecule has 0 spiro atoms. The summed E-state index contributed by atoms with van der Waals surface area (Å²) in [7, 11) is 0. The number of H-pyrrole nitrogens is 2. The van der Waals surface area contributed by atoms with Crippen molar-refractivity contribution < 1.29 is 9.59 Å². The van der Waals surface area contributed by atoms with Crippen molar-refractivity contribution in [2.45, 2.75) is 24.9 Å². The number of hydrogen-bond donors (Lipinski definition) is 2. The van der Waals surface area contributed by atoms with Crippen LogP contribution in [0.5, 0.6) is 0 Å². The third-order valence-electron chi connectivity index (χ3n) is 6.66. The predicted molar refractivity (Wildman–Crippen MR) is 126 cm³/mol. The molecule has 1 aliphatic rings. The van der Waals surface area contributed by atoms with E-state index in [4.69, 9.17) is 0 Å². The molecule has 7 heteroatoms. The number of amides is 1. The normalized spacial score (nSPS) is 18.7. The fourth-order valence-corrected chi connectivity index (χ4v) is 5.10. The highest BCUT2D eigenvalue weighted by Crippen LogP contribution is 2.45. The number of para-hydroxylation sites is 1. The number of aromatic amines is 2. The number of hydrogen-bond acceptors (Lipinski definition) is 3. The molecule has 6 rings (SSSR count). The highest BCUT2D eigenvalue weighted by Gasteiger charge is 2.49. The maximum atomic E-state index is 13.4. The summed E-state index contributed by atoms with van der Waals surface area (Å²) in [6.45, 7) is 1.23. The Morgan fingerprint density at radius 3 is 2.76 bits per heavy atom. The second-order valence-corrected chi connectivity index (χ2v) is 8.55. The second kappa shape index (κ2) is 7.78. The Labute approximate surface area is 190 Å². The van der Waals surface area contributed by atoms with Gasteiger partial charge in [0, 0.05) is 54.3 Å². The number of rotatable bonds is 6. The van der Waals surface area contributed by atoms with Crippen molar-refractivity contribution in [1.82, 2.24) is 24.4 Å². The van der Waals surface area contributed by atoms with Gasteiger partial charge in [0.25, 0.3) is 5.91 Å². The minimum absolute atomic E-state index is 0.346. The molecular weight excluding hydrogens is 414 g/mol. The zero-order chi connectivity index (χ0) is 22.4. The minimum Gasteiger partial charge on any atom is -0.361 e. The van der Waals surface area contributed by atoms with Gasteiger partial charge in [-0.2, -0.15) is 0 Å². The SMILES string of the molecule is O=C1C(=O)N(CCCn2ccnc2)C(c2ccc3[nH]ccc3c2)C1c1c[nH]c2ccccc12. The summed E-state index contributed by atoms with van der Waals surface area (Å²) in [5.74, 6) is -1.31. The molecule has 2 N–H and O–H groups in total. The van der Waals surface area contributed by atoms with E-state index in [0.717, 1.165) is 45.9 Å². The van der Waals surface area contributed by atoms with Crippen LogP contribution >= 0.6 is 0 Å². The van der Waals surface area contributed by atoms with Gasteiger partial charge in [-0.25, -0.2) is 4.98 Å². The van der Waals surface area contributed by atoms with E-state index in [0.29, 0.717) is 6.54 Å². The molecule has 1 fully saturated rings. The highest BCUT2D eigenvalue weighted by atomic mass is 16.2. The van der Waals surface area contributed by atoms with Crippen LogP contribution in [0.3, 0.4) is 0 Å². The predicted octanol–water partition coefficient (Wildman–Crippen LogP) is 4.17. The van der Waals surface area contributed by atoms with Crippen LogP contribution < -0.4 is 0 Å². The number of carbonyl (C=O) groups excluding carboxylic acids is 2. The van der Waals surface area contributed by atoms with Crippen LogP contribution in [-0.4, -0.2) is 42.7 Å². The van der Waals surface area contributed by atoms with Crippen molar-refractivity contribution in [2.24, 2.45) is 0 Å². The zero-order valence-corrected chi connectivity index (χ0v) is 17.9. The Bertz CT molecular complexity index is 1460. The number of aryl methyl sites for hydroxylation is 1. The van der Waals surface area contributed by atoms with Crippen LogP contribution in [0.2, 0.25) is 0 Å². The van der Waals surface area contributed by atoms with Gasteiger partial charge in [-0.3, -0.25) is 9.59 Å². The van der Waals surface area contributed by atoms with Crippen molar-refractivity contribution in [2.75, 3.05) is 6.54 Å². The first-order chi connectivity index (χ1) is 16.2. The van der Waals surface area contributed by atoms with Crippen LogP contribution in [0.25, 0.3) is 21.8 Å². The molecule has 7 nitrogen and oxygen atoms in total. The molecule has 1 saturated heterocycles. The Morgan fingerprint density at radius 2 is 1.88 bits per heavy atom. The molecule has 4 heterocycles. The van der Waals surface area contributed by atoms with Crippen LogP contribution in [-0.2, 0) is 16.1 Å². The zero-order valence-electron chi connectivity index (χ0n) is 17.9. The number of benzene rings is 2. The number of carbonyl (C=O) groups is 2. The number of likely N-dealkylation sites (tertiary alicyclic amines) is 1. The second-order valence-electron chi connectivity index (χ2n) is 8.55. The summed E-state index contributed by atoms with van der Waals surface area (Å²) in [4.78, 5) is 39.0. The highest BCUT2D eigenvalue weighted by molar-refractivity contribution is 6.40. The van der Waals surface area contributed by atoms with Crippen molar-refractivity contribution >= 4 is 33.5 Å². The van der Waals surface area contributed by atoms with E-state index in [2.05, 4.69) is 21.0 Å². The Morgan fingerprint density at radius 1 is 0.970 bits per heavy atom. The number of Topliss-reactive ketones (excluding diaryl/α,β-unsaturated/α-hetero) is 1. The van der Waals surface area contributed by atoms with Gasteiger partial charge in [-0.15, -0.1) is 0 Å². The molecule has 1 amide bonds. The summed E-state index contributed by atoms with van der Waals surface area (Å²) >= 11 is 0. The van der Waals surface area contributed by atoms with E-state index < -0.39 is 11.8 Å². The number of nitrogens with one attached hydrogen (secondary N) is 2. The fourth-order valence-electron chi connectivity index (χ4n) is 5.10. The van der Waals surface area contributed by atoms with Crippen molar-refractivity contribution in [3.05, 3.63) is 90.8 Å². The molecule has 2 unspecified atom stereocenters. The van der Waals surface area contributed by atoms with Crippen molar-refractivity contribution in [3.63, 3.8) is 0 Å². The van der Waals surface area contributed by atoms with Crippen LogP contribution in [0.15, 0.2) is 79.6 Å². The number of ketones is 1. The first kappa shape index (κ1) is 19.5. The van der Waals surface area contributed by atoms with Gasteiger partial charge in [0.2, 0.25) is 5.78 Å². The monoisotopic (exact) mass is 437 g/mol. The van der Waals surface area contributed by atoms with Crippen LogP contribution in [0.4, 0.5) is 0 Å². The average molecular weight is 438 g/mol. The first-order valence-electron chi connectivity index (χ1n) is 11.1. The maximum absolute atomic E-state index is 13.4. The quantitative estimate of drug-likeness (QED) is 0.391. The third kappa shape index (κ3) is 3.24. The first-order valence-corrected chi connectivity index (χ1v) is 11.1. The summed E-state index contributed by atoms with van der Waals surface area (Å²) < 4.78 is 1.99. The van der Waals surface area contributed by atoms with Crippen LogP contribution in [0, 0.1) is 0 Å². The molecule has 0 saturated carbocycles. The molecular formula is C26H23N5O2. The number of imidazole rings is 1. The molecule has 2 atom stereocenters. The lowest BCUT2D eigenvalue weighted by Gasteiger charge is -2.28. The topological polar surface area (TPSA) is 86.8 Å². The number of nitrogens with zero attached hydrogens (tertiary/aromatic N) is 3. The standard InChI is InChI=1S/C26H23N5O2/c32-25-23(20-15-29-22-5-2-1-4-19(20)22)24(18-6-7-21-17(14-18)8-9-28-21)31(26(25)33)12-3-11-30-13-10-27-16-30/h1-2,4-10,13-16,23-24,28-29H,3,11-12H2. The van der Waals surface area contributed by atoms with E-state index in [1.807, 2.05) is 65.6 Å². The number of aromatic nitrogens is 4. The summed E-state index contributed by atoms with van der Waals surface area (Å²) in [6.07, 6.45) is 9.94. The minimum atomic E-state index is -0.557.